The molecular weight excluding hydrogens is 599 g/mol. The van der Waals surface area contributed by atoms with Crippen LogP contribution in [0, 0.1) is 17.8 Å². The molecule has 262 valence electrons. The number of piperazine rings is 1. The quantitative estimate of drug-likeness (QED) is 0.285. The Labute approximate surface area is 280 Å². The smallest absolute Gasteiger partial charge is 0.256 e. The second kappa shape index (κ2) is 13.9. The molecule has 1 amide bonds. The molecule has 0 spiro atoms. The van der Waals surface area contributed by atoms with Gasteiger partial charge in [-0.15, -0.1) is 0 Å². The van der Waals surface area contributed by atoms with Gasteiger partial charge in [-0.3, -0.25) is 9.59 Å². The molecule has 0 aromatic carbocycles. The van der Waals surface area contributed by atoms with Crippen molar-refractivity contribution in [2.75, 3.05) is 72.5 Å². The number of fused-ring (bicyclic) bond motifs is 5. The first-order valence-electron chi connectivity index (χ1n) is 19.1. The Morgan fingerprint density at radius 1 is 0.872 bits per heavy atom. The van der Waals surface area contributed by atoms with Crippen molar-refractivity contribution in [3.05, 3.63) is 11.8 Å². The minimum Gasteiger partial charge on any atom is -0.374 e. The van der Waals surface area contributed by atoms with Crippen LogP contribution in [0.3, 0.4) is 0 Å². The Kier molecular flexibility index (Phi) is 9.66. The molecule has 0 radical (unpaired) electrons. The predicted octanol–water partition coefficient (Wildman–Crippen LogP) is 1.79. The van der Waals surface area contributed by atoms with Crippen molar-refractivity contribution >= 4 is 11.7 Å². The van der Waals surface area contributed by atoms with Gasteiger partial charge in [0.1, 0.15) is 6.17 Å². The molecule has 5 heterocycles. The molecule has 3 aliphatic carbocycles. The van der Waals surface area contributed by atoms with Gasteiger partial charge < -0.3 is 39.7 Å². The molecule has 47 heavy (non-hydrogen) atoms. The molecule has 7 fully saturated rings. The molecule has 11 atom stereocenters. The third-order valence-corrected chi connectivity index (χ3v) is 13.2. The number of likely N-dealkylation sites (tertiary alicyclic amines) is 1. The van der Waals surface area contributed by atoms with Crippen LogP contribution in [-0.2, 0) is 19.1 Å². The molecule has 0 aromatic heterocycles. The number of carbonyl (C=O) groups is 2. The summed E-state index contributed by atoms with van der Waals surface area (Å²) in [5, 5.41) is 6.63. The van der Waals surface area contributed by atoms with Crippen molar-refractivity contribution in [1.82, 2.24) is 30.2 Å². The lowest BCUT2D eigenvalue weighted by Crippen LogP contribution is -2.73. The predicted molar refractivity (Wildman–Crippen MR) is 177 cm³/mol. The van der Waals surface area contributed by atoms with Gasteiger partial charge in [-0.2, -0.15) is 0 Å². The number of alkyl halides is 1. The van der Waals surface area contributed by atoms with E-state index in [2.05, 4.69) is 37.3 Å². The average molecular weight is 657 g/mol. The highest BCUT2D eigenvalue weighted by Crippen LogP contribution is 2.52. The fourth-order valence-electron chi connectivity index (χ4n) is 10.7. The number of hydrogen-bond acceptors (Lipinski definition) is 9. The number of halogens is 1. The van der Waals surface area contributed by atoms with Gasteiger partial charge in [-0.25, -0.2) is 4.39 Å². The molecule has 8 rings (SSSR count). The minimum atomic E-state index is -1.21. The number of Topliss-reactive ketones (excluding diaryl/α,β-unsaturated/α-hetero) is 1. The number of carbonyl (C=O) groups excluding carboxylic acids is 2. The van der Waals surface area contributed by atoms with Crippen molar-refractivity contribution in [2.45, 2.75) is 113 Å². The summed E-state index contributed by atoms with van der Waals surface area (Å²) in [4.78, 5) is 37.2. The lowest BCUT2D eigenvalue weighted by Gasteiger charge is -2.60. The zero-order valence-electron chi connectivity index (χ0n) is 28.4. The van der Waals surface area contributed by atoms with Gasteiger partial charge in [0.05, 0.1) is 48.1 Å². The van der Waals surface area contributed by atoms with Crippen molar-refractivity contribution < 1.29 is 23.5 Å². The Bertz CT molecular complexity index is 1180. The molecule has 8 aliphatic rings. The van der Waals surface area contributed by atoms with Gasteiger partial charge in [0.2, 0.25) is 0 Å². The van der Waals surface area contributed by atoms with E-state index >= 15 is 4.39 Å². The standard InChI is InChI=1S/C36H57FN6O4/c1-40-15-17-42(18-16-40)13-6-9-39-36(45)26-22-43-28-21-30-24(23-7-2-3-8-29(23)46-30)20-31(28)47-35-32(38-10-14-41-11-4-5-12-41)27(37)19-25(33(35)43)34(26)44/h22-25,27-33,35,38H,2-21H2,1H3,(H,39,45). The fraction of sp³-hybridized carbons (Fsp3) is 0.889. The van der Waals surface area contributed by atoms with Gasteiger partial charge >= 0.3 is 0 Å². The van der Waals surface area contributed by atoms with Gasteiger partial charge in [0.15, 0.2) is 5.78 Å². The summed E-state index contributed by atoms with van der Waals surface area (Å²) in [6, 6.07) is -0.711. The summed E-state index contributed by atoms with van der Waals surface area (Å²) in [5.74, 6) is -0.0642. The molecule has 11 unspecified atom stereocenters. The van der Waals surface area contributed by atoms with Crippen LogP contribution in [0.2, 0.25) is 0 Å². The highest BCUT2D eigenvalue weighted by Gasteiger charge is 2.61. The first-order chi connectivity index (χ1) is 22.9. The van der Waals surface area contributed by atoms with Crippen molar-refractivity contribution in [3.8, 4) is 0 Å². The van der Waals surface area contributed by atoms with E-state index in [0.717, 1.165) is 78.0 Å². The molecule has 3 saturated carbocycles. The van der Waals surface area contributed by atoms with Crippen LogP contribution >= 0.6 is 0 Å². The largest absolute Gasteiger partial charge is 0.374 e. The van der Waals surface area contributed by atoms with E-state index in [0.29, 0.717) is 31.0 Å². The lowest BCUT2D eigenvalue weighted by molar-refractivity contribution is -0.209. The molecule has 4 saturated heterocycles. The molecule has 10 nitrogen and oxygen atoms in total. The first kappa shape index (κ1) is 32.6. The van der Waals surface area contributed by atoms with E-state index in [1.807, 2.05) is 6.20 Å². The van der Waals surface area contributed by atoms with Gasteiger partial charge in [-0.05, 0) is 89.9 Å². The number of likely N-dealkylation sites (N-methyl/N-ethyl adjacent to an activating group) is 1. The van der Waals surface area contributed by atoms with Gasteiger partial charge in [0.25, 0.3) is 5.91 Å². The summed E-state index contributed by atoms with van der Waals surface area (Å²) < 4.78 is 30.0. The van der Waals surface area contributed by atoms with Crippen molar-refractivity contribution in [2.24, 2.45) is 17.8 Å². The number of hydrogen-bond donors (Lipinski definition) is 2. The molecular formula is C36H57FN6O4. The summed E-state index contributed by atoms with van der Waals surface area (Å²) in [5.41, 5.74) is 0.195. The van der Waals surface area contributed by atoms with Crippen molar-refractivity contribution in [1.29, 1.82) is 0 Å². The van der Waals surface area contributed by atoms with Crippen LogP contribution in [-0.4, -0.2) is 152 Å². The van der Waals surface area contributed by atoms with Crippen LogP contribution < -0.4 is 10.6 Å². The number of nitrogens with one attached hydrogen (secondary N) is 2. The third kappa shape index (κ3) is 6.42. The van der Waals surface area contributed by atoms with Crippen LogP contribution in [0.15, 0.2) is 11.8 Å². The maximum Gasteiger partial charge on any atom is 0.256 e. The zero-order chi connectivity index (χ0) is 32.1. The third-order valence-electron chi connectivity index (χ3n) is 13.2. The topological polar surface area (TPSA) is 89.6 Å². The Balaban J connectivity index is 1.00. The normalized spacial score (nSPS) is 42.3. The van der Waals surface area contributed by atoms with E-state index < -0.39 is 24.2 Å². The monoisotopic (exact) mass is 656 g/mol. The highest BCUT2D eigenvalue weighted by molar-refractivity contribution is 6.20. The van der Waals surface area contributed by atoms with Crippen LogP contribution in [0.4, 0.5) is 4.39 Å². The average Bonchev–Trinajstić information content (AvgIpc) is 3.73. The Morgan fingerprint density at radius 3 is 2.49 bits per heavy atom. The van der Waals surface area contributed by atoms with Crippen molar-refractivity contribution in [3.63, 3.8) is 0 Å². The fourth-order valence-corrected chi connectivity index (χ4v) is 10.7. The summed E-state index contributed by atoms with van der Waals surface area (Å²) >= 11 is 0. The van der Waals surface area contributed by atoms with E-state index in [4.69, 9.17) is 9.47 Å². The number of nitrogens with zero attached hydrogens (tertiary/aromatic N) is 4. The van der Waals surface area contributed by atoms with Crippen LogP contribution in [0.5, 0.6) is 0 Å². The second-order valence-electron chi connectivity index (χ2n) is 16.0. The zero-order valence-corrected chi connectivity index (χ0v) is 28.4. The first-order valence-corrected chi connectivity index (χ1v) is 19.1. The number of ketones is 1. The number of rotatable bonds is 9. The molecule has 0 bridgehead atoms. The minimum absolute atomic E-state index is 0.0229. The van der Waals surface area contributed by atoms with Gasteiger partial charge in [0, 0.05) is 57.9 Å². The Morgan fingerprint density at radius 2 is 1.66 bits per heavy atom. The summed E-state index contributed by atoms with van der Waals surface area (Å²) in [6.07, 6.45) is 10.7. The maximum absolute atomic E-state index is 16.2. The number of morpholine rings is 1. The van der Waals surface area contributed by atoms with E-state index in [9.17, 15) is 9.59 Å². The molecule has 2 N–H and O–H groups in total. The molecule has 5 aliphatic heterocycles. The van der Waals surface area contributed by atoms with Crippen LogP contribution in [0.25, 0.3) is 0 Å². The van der Waals surface area contributed by atoms with Crippen LogP contribution in [0.1, 0.15) is 64.2 Å². The van der Waals surface area contributed by atoms with E-state index in [1.54, 1.807) is 0 Å². The maximum atomic E-state index is 16.2. The SMILES string of the molecule is CN1CCN(CCCNC(=O)C2=CN3C4CC5OC6CCCCC6C5CC4OC4C(NCCN5CCCC5)C(F)CC(C2=O)C43)CC1. The molecule has 11 heteroatoms. The molecule has 0 aromatic rings. The summed E-state index contributed by atoms with van der Waals surface area (Å²) in [7, 11) is 2.15. The number of amides is 1. The van der Waals surface area contributed by atoms with Gasteiger partial charge in [-0.1, -0.05) is 12.8 Å². The summed E-state index contributed by atoms with van der Waals surface area (Å²) in [6.45, 7) is 9.52. The van der Waals surface area contributed by atoms with E-state index in [-0.39, 0.29) is 48.0 Å². The lowest BCUT2D eigenvalue weighted by atomic mass is 9.67. The Hall–Kier alpha value is -1.63. The highest BCUT2D eigenvalue weighted by atomic mass is 19.1. The number of ether oxygens (including phenoxy) is 2. The van der Waals surface area contributed by atoms with E-state index in [1.165, 1.54) is 32.1 Å². The second-order valence-corrected chi connectivity index (χ2v) is 16.0.